The highest BCUT2D eigenvalue weighted by molar-refractivity contribution is 5.78. The summed E-state index contributed by atoms with van der Waals surface area (Å²) in [6.45, 7) is 0.628. The first-order valence-electron chi connectivity index (χ1n) is 6.52. The van der Waals surface area contributed by atoms with Crippen molar-refractivity contribution in [2.75, 3.05) is 13.7 Å². The van der Waals surface area contributed by atoms with E-state index in [1.807, 2.05) is 24.3 Å². The van der Waals surface area contributed by atoms with Crippen LogP contribution in [-0.2, 0) is 17.6 Å². The summed E-state index contributed by atoms with van der Waals surface area (Å²) in [5.41, 5.74) is 0.942. The maximum atomic E-state index is 11.8. The van der Waals surface area contributed by atoms with Gasteiger partial charge in [-0.05, 0) is 24.1 Å². The van der Waals surface area contributed by atoms with Gasteiger partial charge in [0.25, 0.3) is 0 Å². The number of benzene rings is 1. The summed E-state index contributed by atoms with van der Waals surface area (Å²) in [7, 11) is 1.61. The van der Waals surface area contributed by atoms with Crippen LogP contribution in [0.5, 0.6) is 5.75 Å². The van der Waals surface area contributed by atoms with Gasteiger partial charge in [0.2, 0.25) is 5.91 Å². The molecule has 1 amide bonds. The topological polar surface area (TPSA) is 79.9 Å². The Bertz CT molecular complexity index is 540. The number of methoxy groups -OCH3 is 1. The van der Waals surface area contributed by atoms with Crippen LogP contribution in [0, 0.1) is 0 Å². The summed E-state index contributed by atoms with van der Waals surface area (Å²) in [5.74, 6) is 1.61. The van der Waals surface area contributed by atoms with E-state index in [1.165, 1.54) is 6.33 Å². The highest BCUT2D eigenvalue weighted by atomic mass is 16.5. The van der Waals surface area contributed by atoms with E-state index in [9.17, 15) is 4.79 Å². The van der Waals surface area contributed by atoms with Crippen LogP contribution in [0.4, 0.5) is 0 Å². The maximum Gasteiger partial charge on any atom is 0.224 e. The number of aryl methyl sites for hydroxylation is 1. The summed E-state index contributed by atoms with van der Waals surface area (Å²) < 4.78 is 5.13. The second-order valence-corrected chi connectivity index (χ2v) is 4.41. The lowest BCUT2D eigenvalue weighted by molar-refractivity contribution is -0.120. The van der Waals surface area contributed by atoms with E-state index in [4.69, 9.17) is 4.74 Å². The Labute approximate surface area is 117 Å². The van der Waals surface area contributed by atoms with Gasteiger partial charge >= 0.3 is 0 Å². The molecule has 20 heavy (non-hydrogen) atoms. The molecule has 1 aromatic carbocycles. The molecule has 6 heteroatoms. The fraction of sp³-hybridized carbons (Fsp3) is 0.357. The predicted molar refractivity (Wildman–Crippen MR) is 74.4 cm³/mol. The number of aromatic amines is 1. The normalized spacial score (nSPS) is 10.2. The standard InChI is InChI=1S/C14H18N4O2/c1-20-12-5-2-4-11(8-12)9-14(19)15-7-3-6-13-16-10-17-18-13/h2,4-5,8,10H,3,6-7,9H2,1H3,(H,15,19)(H,16,17,18). The molecule has 0 atom stereocenters. The molecular weight excluding hydrogens is 256 g/mol. The van der Waals surface area contributed by atoms with Gasteiger partial charge in [0.15, 0.2) is 0 Å². The van der Waals surface area contributed by atoms with Crippen molar-refractivity contribution in [2.45, 2.75) is 19.3 Å². The third-order valence-electron chi connectivity index (χ3n) is 2.88. The second kappa shape index (κ2) is 7.28. The number of ether oxygens (including phenoxy) is 1. The Morgan fingerprint density at radius 1 is 1.45 bits per heavy atom. The molecule has 2 aromatic rings. The van der Waals surface area contributed by atoms with Crippen molar-refractivity contribution in [1.82, 2.24) is 20.5 Å². The minimum atomic E-state index is 0.0100. The van der Waals surface area contributed by atoms with Crippen molar-refractivity contribution in [3.63, 3.8) is 0 Å². The number of hydrogen-bond acceptors (Lipinski definition) is 4. The number of hydrogen-bond donors (Lipinski definition) is 2. The Morgan fingerprint density at radius 2 is 2.35 bits per heavy atom. The minimum absolute atomic E-state index is 0.0100. The molecule has 0 radical (unpaired) electrons. The predicted octanol–water partition coefficient (Wildman–Crippen LogP) is 1.10. The summed E-state index contributed by atoms with van der Waals surface area (Å²) >= 11 is 0. The molecule has 1 heterocycles. The first-order valence-corrected chi connectivity index (χ1v) is 6.52. The van der Waals surface area contributed by atoms with Gasteiger partial charge in [-0.25, -0.2) is 4.98 Å². The molecule has 0 aliphatic carbocycles. The number of H-pyrrole nitrogens is 1. The zero-order chi connectivity index (χ0) is 14.2. The molecule has 0 saturated carbocycles. The Kier molecular flexibility index (Phi) is 5.11. The molecule has 2 rings (SSSR count). The molecule has 0 aliphatic rings. The Morgan fingerprint density at radius 3 is 3.10 bits per heavy atom. The third kappa shape index (κ3) is 4.38. The van der Waals surface area contributed by atoms with E-state index >= 15 is 0 Å². The summed E-state index contributed by atoms with van der Waals surface area (Å²) in [5, 5.41) is 9.45. The number of aromatic nitrogens is 3. The SMILES string of the molecule is COc1cccc(CC(=O)NCCCc2ncn[nH]2)c1. The molecule has 2 N–H and O–H groups in total. The largest absolute Gasteiger partial charge is 0.497 e. The molecule has 0 spiro atoms. The van der Waals surface area contributed by atoms with Crippen LogP contribution >= 0.6 is 0 Å². The Balaban J connectivity index is 1.69. The average molecular weight is 274 g/mol. The number of nitrogens with zero attached hydrogens (tertiary/aromatic N) is 2. The van der Waals surface area contributed by atoms with Crippen LogP contribution in [0.15, 0.2) is 30.6 Å². The smallest absolute Gasteiger partial charge is 0.224 e. The van der Waals surface area contributed by atoms with E-state index in [-0.39, 0.29) is 5.91 Å². The number of rotatable bonds is 7. The van der Waals surface area contributed by atoms with E-state index in [1.54, 1.807) is 7.11 Å². The van der Waals surface area contributed by atoms with Crippen LogP contribution in [-0.4, -0.2) is 34.7 Å². The number of carbonyl (C=O) groups excluding carboxylic acids is 1. The molecule has 6 nitrogen and oxygen atoms in total. The summed E-state index contributed by atoms with van der Waals surface area (Å²) in [4.78, 5) is 15.8. The van der Waals surface area contributed by atoms with Crippen LogP contribution in [0.1, 0.15) is 17.8 Å². The first kappa shape index (κ1) is 14.0. The fourth-order valence-electron chi connectivity index (χ4n) is 1.87. The maximum absolute atomic E-state index is 11.8. The highest BCUT2D eigenvalue weighted by Gasteiger charge is 2.04. The molecule has 0 saturated heterocycles. The second-order valence-electron chi connectivity index (χ2n) is 4.41. The van der Waals surface area contributed by atoms with Crippen LogP contribution in [0.25, 0.3) is 0 Å². The van der Waals surface area contributed by atoms with Gasteiger partial charge in [0, 0.05) is 13.0 Å². The molecule has 0 unspecified atom stereocenters. The van der Waals surface area contributed by atoms with Gasteiger partial charge < -0.3 is 10.1 Å². The monoisotopic (exact) mass is 274 g/mol. The highest BCUT2D eigenvalue weighted by Crippen LogP contribution is 2.12. The Hall–Kier alpha value is -2.37. The van der Waals surface area contributed by atoms with Crippen LogP contribution in [0.3, 0.4) is 0 Å². The van der Waals surface area contributed by atoms with Crippen LogP contribution in [0.2, 0.25) is 0 Å². The number of carbonyl (C=O) groups is 1. The van der Waals surface area contributed by atoms with E-state index in [2.05, 4.69) is 20.5 Å². The molecule has 1 aromatic heterocycles. The number of nitrogens with one attached hydrogen (secondary N) is 2. The van der Waals surface area contributed by atoms with Gasteiger partial charge in [0.05, 0.1) is 13.5 Å². The zero-order valence-corrected chi connectivity index (χ0v) is 11.4. The van der Waals surface area contributed by atoms with Crippen LogP contribution < -0.4 is 10.1 Å². The van der Waals surface area contributed by atoms with E-state index in [0.29, 0.717) is 13.0 Å². The van der Waals surface area contributed by atoms with Crippen molar-refractivity contribution < 1.29 is 9.53 Å². The number of amides is 1. The lowest BCUT2D eigenvalue weighted by Crippen LogP contribution is -2.26. The zero-order valence-electron chi connectivity index (χ0n) is 11.4. The minimum Gasteiger partial charge on any atom is -0.497 e. The van der Waals surface area contributed by atoms with Crippen molar-refractivity contribution in [3.05, 3.63) is 42.0 Å². The van der Waals surface area contributed by atoms with Gasteiger partial charge in [0.1, 0.15) is 17.9 Å². The van der Waals surface area contributed by atoms with Gasteiger partial charge in [-0.3, -0.25) is 9.89 Å². The van der Waals surface area contributed by atoms with E-state index in [0.717, 1.165) is 30.0 Å². The molecule has 0 aliphatic heterocycles. The van der Waals surface area contributed by atoms with Crippen molar-refractivity contribution >= 4 is 5.91 Å². The lowest BCUT2D eigenvalue weighted by atomic mass is 10.1. The summed E-state index contributed by atoms with van der Waals surface area (Å²) in [6, 6.07) is 7.52. The lowest BCUT2D eigenvalue weighted by Gasteiger charge is -2.06. The summed E-state index contributed by atoms with van der Waals surface area (Å²) in [6.07, 6.45) is 3.45. The van der Waals surface area contributed by atoms with Gasteiger partial charge in [-0.1, -0.05) is 12.1 Å². The molecule has 0 fully saturated rings. The molecule has 0 bridgehead atoms. The quantitative estimate of drug-likeness (QED) is 0.741. The molecule has 106 valence electrons. The fourth-order valence-corrected chi connectivity index (χ4v) is 1.87. The average Bonchev–Trinajstić information content (AvgIpc) is 2.97. The van der Waals surface area contributed by atoms with Gasteiger partial charge in [-0.15, -0.1) is 0 Å². The molecular formula is C14H18N4O2. The van der Waals surface area contributed by atoms with Crippen molar-refractivity contribution in [2.24, 2.45) is 0 Å². The van der Waals surface area contributed by atoms with Crippen molar-refractivity contribution in [1.29, 1.82) is 0 Å². The van der Waals surface area contributed by atoms with E-state index < -0.39 is 0 Å². The third-order valence-corrected chi connectivity index (χ3v) is 2.88. The first-order chi connectivity index (χ1) is 9.78. The van der Waals surface area contributed by atoms with Gasteiger partial charge in [-0.2, -0.15) is 5.10 Å². The van der Waals surface area contributed by atoms with Crippen molar-refractivity contribution in [3.8, 4) is 5.75 Å².